The third-order valence-corrected chi connectivity index (χ3v) is 1.59. The zero-order valence-corrected chi connectivity index (χ0v) is 7.20. The SMILES string of the molecule is CNCc1ccc[n+](P)c1. The van der Waals surface area contributed by atoms with Gasteiger partial charge in [-0.3, -0.25) is 0 Å². The Hall–Kier alpha value is -0.460. The largest absolute Gasteiger partial charge is 0.315 e. The van der Waals surface area contributed by atoms with Gasteiger partial charge in [0.2, 0.25) is 0 Å². The quantitative estimate of drug-likeness (QED) is 0.609. The average molecular weight is 155 g/mol. The summed E-state index contributed by atoms with van der Waals surface area (Å²) in [6, 6.07) is 4.12. The molecule has 1 atom stereocenters. The minimum absolute atomic E-state index is 0.926. The molecule has 0 aromatic carbocycles. The summed E-state index contributed by atoms with van der Waals surface area (Å²) in [6.45, 7) is 0.926. The number of nitrogens with zero attached hydrogens (tertiary/aromatic N) is 1. The summed E-state index contributed by atoms with van der Waals surface area (Å²) < 4.78 is 1.96. The van der Waals surface area contributed by atoms with Crippen LogP contribution < -0.4 is 9.65 Å². The summed E-state index contributed by atoms with van der Waals surface area (Å²) in [4.78, 5) is 0. The summed E-state index contributed by atoms with van der Waals surface area (Å²) in [5.74, 6) is 0. The van der Waals surface area contributed by atoms with Gasteiger partial charge in [-0.25, -0.2) is 0 Å². The van der Waals surface area contributed by atoms with Crippen LogP contribution in [0.4, 0.5) is 0 Å². The van der Waals surface area contributed by atoms with Crippen LogP contribution >= 0.6 is 9.39 Å². The molecule has 0 radical (unpaired) electrons. The molecule has 1 rings (SSSR count). The Labute approximate surface area is 63.5 Å². The van der Waals surface area contributed by atoms with Crippen molar-refractivity contribution in [3.05, 3.63) is 30.1 Å². The Morgan fingerprint density at radius 3 is 3.10 bits per heavy atom. The first kappa shape index (κ1) is 7.64. The molecule has 10 heavy (non-hydrogen) atoms. The fraction of sp³-hybridized carbons (Fsp3) is 0.286. The second kappa shape index (κ2) is 3.65. The molecule has 0 aliphatic carbocycles. The summed E-state index contributed by atoms with van der Waals surface area (Å²) in [5, 5.41) is 3.09. The van der Waals surface area contributed by atoms with Crippen LogP contribution in [0.3, 0.4) is 0 Å². The van der Waals surface area contributed by atoms with Gasteiger partial charge in [-0.15, -0.1) is 0 Å². The Balaban J connectivity index is 2.75. The van der Waals surface area contributed by atoms with E-state index >= 15 is 0 Å². The van der Waals surface area contributed by atoms with Crippen LogP contribution in [0, 0.1) is 0 Å². The number of aromatic nitrogens is 1. The number of rotatable bonds is 2. The van der Waals surface area contributed by atoms with Gasteiger partial charge in [0.25, 0.3) is 0 Å². The highest BCUT2D eigenvalue weighted by Gasteiger charge is 1.94. The average Bonchev–Trinajstić information content (AvgIpc) is 1.88. The van der Waals surface area contributed by atoms with Crippen molar-refractivity contribution >= 4 is 9.39 Å². The summed E-state index contributed by atoms with van der Waals surface area (Å²) >= 11 is 0. The van der Waals surface area contributed by atoms with Crippen LogP contribution in [-0.2, 0) is 6.54 Å². The molecular formula is C7H12N2P+. The van der Waals surface area contributed by atoms with Gasteiger partial charge in [0.1, 0.15) is 0 Å². The van der Waals surface area contributed by atoms with Crippen LogP contribution in [0.5, 0.6) is 0 Å². The number of hydrogen-bond acceptors (Lipinski definition) is 1. The summed E-state index contributed by atoms with van der Waals surface area (Å²) in [7, 11) is 4.55. The maximum atomic E-state index is 3.09. The highest BCUT2D eigenvalue weighted by molar-refractivity contribution is 7.07. The van der Waals surface area contributed by atoms with Crippen LogP contribution in [0.15, 0.2) is 24.5 Å². The van der Waals surface area contributed by atoms with Crippen LogP contribution in [0.25, 0.3) is 0 Å². The van der Waals surface area contributed by atoms with Gasteiger partial charge in [0.05, 0.1) is 0 Å². The standard InChI is InChI=1S/C7H12N2P/c1-8-5-7-3-2-4-9(10)6-7/h2-4,6,8H,5,10H2,1H3/q+1. The van der Waals surface area contributed by atoms with E-state index in [9.17, 15) is 0 Å². The number of nitrogens with one attached hydrogen (secondary N) is 1. The van der Waals surface area contributed by atoms with Crippen LogP contribution in [0.2, 0.25) is 0 Å². The molecule has 2 nitrogen and oxygen atoms in total. The van der Waals surface area contributed by atoms with Gasteiger partial charge in [-0.1, -0.05) is 0 Å². The highest BCUT2D eigenvalue weighted by atomic mass is 31.0. The number of hydrogen-bond donors (Lipinski definition) is 1. The van der Waals surface area contributed by atoms with E-state index in [0.717, 1.165) is 6.54 Å². The van der Waals surface area contributed by atoms with E-state index in [4.69, 9.17) is 0 Å². The van der Waals surface area contributed by atoms with E-state index in [2.05, 4.69) is 27.0 Å². The van der Waals surface area contributed by atoms with E-state index in [-0.39, 0.29) is 0 Å². The van der Waals surface area contributed by atoms with Crippen molar-refractivity contribution in [1.29, 1.82) is 0 Å². The molecule has 0 aliphatic rings. The first-order chi connectivity index (χ1) is 4.83. The molecule has 1 aromatic rings. The van der Waals surface area contributed by atoms with Gasteiger partial charge in [0.15, 0.2) is 21.8 Å². The van der Waals surface area contributed by atoms with Gasteiger partial charge < -0.3 is 5.32 Å². The predicted molar refractivity (Wildman–Crippen MR) is 44.5 cm³/mol. The van der Waals surface area contributed by atoms with Crippen molar-refractivity contribution in [1.82, 2.24) is 5.32 Å². The first-order valence-corrected chi connectivity index (χ1v) is 3.74. The molecule has 0 bridgehead atoms. The minimum Gasteiger partial charge on any atom is -0.315 e. The van der Waals surface area contributed by atoms with Crippen molar-refractivity contribution in [3.8, 4) is 0 Å². The van der Waals surface area contributed by atoms with Crippen molar-refractivity contribution in [3.63, 3.8) is 0 Å². The van der Waals surface area contributed by atoms with E-state index in [1.807, 2.05) is 23.6 Å². The summed E-state index contributed by atoms with van der Waals surface area (Å²) in [6.07, 6.45) is 4.06. The molecule has 1 unspecified atom stereocenters. The zero-order chi connectivity index (χ0) is 7.40. The van der Waals surface area contributed by atoms with E-state index in [0.29, 0.717) is 0 Å². The molecule has 1 N–H and O–H groups in total. The molecule has 1 aromatic heterocycles. The lowest BCUT2D eigenvalue weighted by Crippen LogP contribution is -2.19. The third kappa shape index (κ3) is 2.05. The smallest absolute Gasteiger partial charge is 0.173 e. The molecule has 0 fully saturated rings. The Morgan fingerprint density at radius 2 is 2.50 bits per heavy atom. The van der Waals surface area contributed by atoms with E-state index < -0.39 is 0 Å². The number of pyridine rings is 1. The van der Waals surface area contributed by atoms with Crippen molar-refractivity contribution < 1.29 is 4.34 Å². The molecule has 0 spiro atoms. The predicted octanol–water partition coefficient (Wildman–Crippen LogP) is 0.332. The van der Waals surface area contributed by atoms with Crippen LogP contribution in [0.1, 0.15) is 5.56 Å². The lowest BCUT2D eigenvalue weighted by molar-refractivity contribution is -0.499. The molecule has 0 saturated heterocycles. The molecule has 1 heterocycles. The third-order valence-electron chi connectivity index (χ3n) is 1.26. The Kier molecular flexibility index (Phi) is 2.79. The van der Waals surface area contributed by atoms with E-state index in [1.165, 1.54) is 5.56 Å². The molecular weight excluding hydrogens is 143 g/mol. The zero-order valence-electron chi connectivity index (χ0n) is 6.04. The van der Waals surface area contributed by atoms with Gasteiger partial charge in [-0.05, 0) is 13.1 Å². The molecule has 54 valence electrons. The highest BCUT2D eigenvalue weighted by Crippen LogP contribution is 1.93. The fourth-order valence-electron chi connectivity index (χ4n) is 0.852. The minimum atomic E-state index is 0.926. The van der Waals surface area contributed by atoms with Gasteiger partial charge in [-0.2, -0.15) is 4.34 Å². The van der Waals surface area contributed by atoms with E-state index in [1.54, 1.807) is 0 Å². The van der Waals surface area contributed by atoms with Gasteiger partial charge >= 0.3 is 0 Å². The normalized spacial score (nSPS) is 9.80. The van der Waals surface area contributed by atoms with Crippen molar-refractivity contribution in [2.75, 3.05) is 7.05 Å². The maximum absolute atomic E-state index is 3.09. The lowest BCUT2D eigenvalue weighted by Gasteiger charge is -1.94. The second-order valence-corrected chi connectivity index (χ2v) is 2.79. The molecule has 3 heteroatoms. The first-order valence-electron chi connectivity index (χ1n) is 3.23. The van der Waals surface area contributed by atoms with Crippen LogP contribution in [-0.4, -0.2) is 7.05 Å². The second-order valence-electron chi connectivity index (χ2n) is 2.19. The topological polar surface area (TPSA) is 15.9 Å². The maximum Gasteiger partial charge on any atom is 0.173 e. The van der Waals surface area contributed by atoms with Crippen molar-refractivity contribution in [2.24, 2.45) is 0 Å². The summed E-state index contributed by atoms with van der Waals surface area (Å²) in [5.41, 5.74) is 1.29. The monoisotopic (exact) mass is 155 g/mol. The molecule has 0 saturated carbocycles. The molecule has 0 amide bonds. The molecule has 0 aliphatic heterocycles. The van der Waals surface area contributed by atoms with Crippen molar-refractivity contribution in [2.45, 2.75) is 6.54 Å². The van der Waals surface area contributed by atoms with Gasteiger partial charge in [0, 0.05) is 18.2 Å². The Morgan fingerprint density at radius 1 is 1.70 bits per heavy atom. The fourth-order valence-corrected chi connectivity index (χ4v) is 1.14. The lowest BCUT2D eigenvalue weighted by atomic mass is 10.3. The Bertz CT molecular complexity index is 213.